The predicted molar refractivity (Wildman–Crippen MR) is 104 cm³/mol. The highest BCUT2D eigenvalue weighted by molar-refractivity contribution is 5.78. The standard InChI is InChI=1S/C19H39N3O4/c1-17(2,3)20-14(10-25-12-15(23)21-18(4,5)6)11-26-13-16(24)22-19(7,8)9/h14,20H,10-13H2,1-9H3,(H,21,23)(H,22,24). The molecule has 0 radical (unpaired) electrons. The van der Waals surface area contributed by atoms with Crippen LogP contribution in [-0.2, 0) is 19.1 Å². The summed E-state index contributed by atoms with van der Waals surface area (Å²) < 4.78 is 11.1. The van der Waals surface area contributed by atoms with E-state index in [9.17, 15) is 9.59 Å². The maximum absolute atomic E-state index is 11.8. The lowest BCUT2D eigenvalue weighted by Gasteiger charge is -2.28. The first-order valence-electron chi connectivity index (χ1n) is 9.13. The van der Waals surface area contributed by atoms with Crippen molar-refractivity contribution in [3.8, 4) is 0 Å². The van der Waals surface area contributed by atoms with Crippen molar-refractivity contribution in [3.63, 3.8) is 0 Å². The summed E-state index contributed by atoms with van der Waals surface area (Å²) in [5.74, 6) is -0.310. The van der Waals surface area contributed by atoms with Gasteiger partial charge < -0.3 is 25.4 Å². The predicted octanol–water partition coefficient (Wildman–Crippen LogP) is 1.61. The van der Waals surface area contributed by atoms with Crippen LogP contribution >= 0.6 is 0 Å². The van der Waals surface area contributed by atoms with Crippen LogP contribution in [0.3, 0.4) is 0 Å². The molecule has 0 spiro atoms. The van der Waals surface area contributed by atoms with Gasteiger partial charge >= 0.3 is 0 Å². The Morgan fingerprint density at radius 1 is 0.692 bits per heavy atom. The maximum Gasteiger partial charge on any atom is 0.246 e. The molecule has 7 heteroatoms. The number of hydrogen-bond donors (Lipinski definition) is 3. The Morgan fingerprint density at radius 2 is 1.04 bits per heavy atom. The highest BCUT2D eigenvalue weighted by atomic mass is 16.5. The number of carbonyl (C=O) groups is 2. The van der Waals surface area contributed by atoms with Gasteiger partial charge in [-0.2, -0.15) is 0 Å². The van der Waals surface area contributed by atoms with Crippen molar-refractivity contribution >= 4 is 11.8 Å². The summed E-state index contributed by atoms with van der Waals surface area (Å²) in [5.41, 5.74) is -0.710. The molecule has 0 rings (SSSR count). The Balaban J connectivity index is 4.37. The van der Waals surface area contributed by atoms with Gasteiger partial charge in [0.15, 0.2) is 0 Å². The van der Waals surface area contributed by atoms with Crippen LogP contribution < -0.4 is 16.0 Å². The van der Waals surface area contributed by atoms with Crippen molar-refractivity contribution < 1.29 is 19.1 Å². The second-order valence-electron chi connectivity index (χ2n) is 9.72. The molecule has 0 heterocycles. The van der Waals surface area contributed by atoms with Crippen molar-refractivity contribution in [2.24, 2.45) is 0 Å². The summed E-state index contributed by atoms with van der Waals surface area (Å²) in [6.45, 7) is 18.3. The van der Waals surface area contributed by atoms with Crippen LogP contribution in [0.15, 0.2) is 0 Å². The normalized spacial score (nSPS) is 13.0. The van der Waals surface area contributed by atoms with Crippen LogP contribution in [0.5, 0.6) is 0 Å². The van der Waals surface area contributed by atoms with Crippen molar-refractivity contribution in [2.45, 2.75) is 85.0 Å². The summed E-state index contributed by atoms with van der Waals surface area (Å²) in [7, 11) is 0. The lowest BCUT2D eigenvalue weighted by molar-refractivity contribution is -0.128. The second kappa shape index (κ2) is 10.2. The van der Waals surface area contributed by atoms with Crippen molar-refractivity contribution in [1.82, 2.24) is 16.0 Å². The van der Waals surface area contributed by atoms with Gasteiger partial charge in [-0.3, -0.25) is 9.59 Å². The molecule has 0 aliphatic carbocycles. The van der Waals surface area contributed by atoms with Gasteiger partial charge in [0.05, 0.1) is 19.3 Å². The molecule has 2 amide bonds. The van der Waals surface area contributed by atoms with E-state index in [0.29, 0.717) is 13.2 Å². The molecular weight excluding hydrogens is 334 g/mol. The number of ether oxygens (including phenoxy) is 2. The van der Waals surface area contributed by atoms with E-state index in [-0.39, 0.29) is 47.7 Å². The van der Waals surface area contributed by atoms with Gasteiger partial charge in [-0.05, 0) is 62.3 Å². The second-order valence-corrected chi connectivity index (χ2v) is 9.72. The molecule has 0 fully saturated rings. The maximum atomic E-state index is 11.8. The SMILES string of the molecule is CC(C)(C)NC(=O)COCC(COCC(=O)NC(C)(C)C)NC(C)(C)C. The molecule has 0 atom stereocenters. The van der Waals surface area contributed by atoms with Gasteiger partial charge in [0.2, 0.25) is 11.8 Å². The van der Waals surface area contributed by atoms with E-state index in [2.05, 4.69) is 16.0 Å². The van der Waals surface area contributed by atoms with Gasteiger partial charge in [-0.1, -0.05) is 0 Å². The molecule has 7 nitrogen and oxygen atoms in total. The Kier molecular flexibility index (Phi) is 9.77. The minimum absolute atomic E-state index is 0.00982. The molecule has 0 aromatic heterocycles. The summed E-state index contributed by atoms with van der Waals surface area (Å²) in [6.07, 6.45) is 0. The number of nitrogens with one attached hydrogen (secondary N) is 3. The van der Waals surface area contributed by atoms with Crippen molar-refractivity contribution in [2.75, 3.05) is 26.4 Å². The molecule has 0 saturated heterocycles. The zero-order chi connectivity index (χ0) is 20.6. The molecular formula is C19H39N3O4. The Hall–Kier alpha value is -1.18. The smallest absolute Gasteiger partial charge is 0.246 e. The summed E-state index contributed by atoms with van der Waals surface area (Å²) in [6, 6.07) is -0.125. The third kappa shape index (κ3) is 16.3. The summed E-state index contributed by atoms with van der Waals surface area (Å²) in [4.78, 5) is 23.6. The molecule has 0 unspecified atom stereocenters. The monoisotopic (exact) mass is 373 g/mol. The fraction of sp³-hybridized carbons (Fsp3) is 0.895. The fourth-order valence-corrected chi connectivity index (χ4v) is 2.24. The van der Waals surface area contributed by atoms with Gasteiger partial charge in [-0.25, -0.2) is 0 Å². The molecule has 26 heavy (non-hydrogen) atoms. The highest BCUT2D eigenvalue weighted by Crippen LogP contribution is 2.04. The van der Waals surface area contributed by atoms with Crippen LogP contribution in [0, 0.1) is 0 Å². The Bertz CT molecular complexity index is 411. The molecule has 0 aromatic carbocycles. The minimum atomic E-state index is -0.285. The molecule has 0 aliphatic heterocycles. The van der Waals surface area contributed by atoms with Crippen molar-refractivity contribution in [1.29, 1.82) is 0 Å². The van der Waals surface area contributed by atoms with Crippen LogP contribution in [0.2, 0.25) is 0 Å². The third-order valence-electron chi connectivity index (χ3n) is 2.77. The van der Waals surface area contributed by atoms with E-state index in [1.807, 2.05) is 62.3 Å². The number of carbonyl (C=O) groups excluding carboxylic acids is 2. The average Bonchev–Trinajstić information content (AvgIpc) is 2.31. The number of amides is 2. The van der Waals surface area contributed by atoms with Crippen LogP contribution in [0.4, 0.5) is 0 Å². The number of rotatable bonds is 9. The molecule has 0 aromatic rings. The van der Waals surface area contributed by atoms with E-state index in [0.717, 1.165) is 0 Å². The lowest BCUT2D eigenvalue weighted by Crippen LogP contribution is -2.49. The van der Waals surface area contributed by atoms with E-state index in [1.54, 1.807) is 0 Å². The van der Waals surface area contributed by atoms with Gasteiger partial charge in [0.1, 0.15) is 13.2 Å². The van der Waals surface area contributed by atoms with Crippen LogP contribution in [0.25, 0.3) is 0 Å². The molecule has 0 bridgehead atoms. The van der Waals surface area contributed by atoms with Gasteiger partial charge in [0.25, 0.3) is 0 Å². The molecule has 154 valence electrons. The largest absolute Gasteiger partial charge is 0.370 e. The van der Waals surface area contributed by atoms with Crippen LogP contribution in [-0.4, -0.2) is 60.9 Å². The first-order chi connectivity index (χ1) is 11.6. The van der Waals surface area contributed by atoms with E-state index >= 15 is 0 Å². The molecule has 0 saturated carbocycles. The summed E-state index contributed by atoms with van der Waals surface area (Å²) >= 11 is 0. The van der Waals surface area contributed by atoms with E-state index < -0.39 is 0 Å². The quantitative estimate of drug-likeness (QED) is 0.571. The molecule has 0 aliphatic rings. The zero-order valence-electron chi connectivity index (χ0n) is 18.0. The van der Waals surface area contributed by atoms with Crippen molar-refractivity contribution in [3.05, 3.63) is 0 Å². The summed E-state index contributed by atoms with van der Waals surface area (Å²) in [5, 5.41) is 9.09. The Labute approximate surface area is 159 Å². The molecule has 3 N–H and O–H groups in total. The van der Waals surface area contributed by atoms with Gasteiger partial charge in [0, 0.05) is 16.6 Å². The average molecular weight is 374 g/mol. The topological polar surface area (TPSA) is 88.7 Å². The minimum Gasteiger partial charge on any atom is -0.370 e. The first kappa shape index (κ1) is 24.8. The van der Waals surface area contributed by atoms with E-state index in [4.69, 9.17) is 9.47 Å². The van der Waals surface area contributed by atoms with Gasteiger partial charge in [-0.15, -0.1) is 0 Å². The fourth-order valence-electron chi connectivity index (χ4n) is 2.24. The lowest BCUT2D eigenvalue weighted by atomic mass is 10.1. The Morgan fingerprint density at radius 3 is 1.31 bits per heavy atom. The zero-order valence-corrected chi connectivity index (χ0v) is 18.0. The van der Waals surface area contributed by atoms with E-state index in [1.165, 1.54) is 0 Å². The first-order valence-corrected chi connectivity index (χ1v) is 9.13. The third-order valence-corrected chi connectivity index (χ3v) is 2.77. The number of hydrogen-bond acceptors (Lipinski definition) is 5. The van der Waals surface area contributed by atoms with Crippen LogP contribution in [0.1, 0.15) is 62.3 Å². The highest BCUT2D eigenvalue weighted by Gasteiger charge is 2.20.